The van der Waals surface area contributed by atoms with Crippen LogP contribution in [-0.2, 0) is 11.3 Å². The Kier molecular flexibility index (Phi) is 3.08. The zero-order valence-corrected chi connectivity index (χ0v) is 9.92. The summed E-state index contributed by atoms with van der Waals surface area (Å²) in [7, 11) is 0. The van der Waals surface area contributed by atoms with Gasteiger partial charge in [-0.3, -0.25) is 0 Å². The van der Waals surface area contributed by atoms with Gasteiger partial charge in [0, 0.05) is 11.1 Å². The van der Waals surface area contributed by atoms with Crippen molar-refractivity contribution < 1.29 is 4.84 Å². The second-order valence-corrected chi connectivity index (χ2v) is 4.73. The van der Waals surface area contributed by atoms with Crippen LogP contribution < -0.4 is 11.2 Å². The quantitative estimate of drug-likeness (QED) is 0.850. The van der Waals surface area contributed by atoms with Crippen molar-refractivity contribution in [1.29, 1.82) is 0 Å². The molecule has 0 saturated heterocycles. The number of hydroxylamine groups is 1. The zero-order chi connectivity index (χ0) is 11.6. The van der Waals surface area contributed by atoms with Gasteiger partial charge in [-0.05, 0) is 37.5 Å². The highest BCUT2D eigenvalue weighted by Crippen LogP contribution is 2.22. The molecule has 2 rings (SSSR count). The molecule has 1 heterocycles. The average Bonchev–Trinajstić information content (AvgIpc) is 2.59. The van der Waals surface area contributed by atoms with Gasteiger partial charge < -0.3 is 10.6 Å². The van der Waals surface area contributed by atoms with Gasteiger partial charge in [-0.15, -0.1) is 5.48 Å². The lowest BCUT2D eigenvalue weighted by Gasteiger charge is -2.19. The first-order chi connectivity index (χ1) is 7.57. The lowest BCUT2D eigenvalue weighted by Crippen LogP contribution is -2.35. The number of halogens is 1. The highest BCUT2D eigenvalue weighted by molar-refractivity contribution is 6.30. The molecule has 1 aliphatic heterocycles. The Morgan fingerprint density at radius 2 is 2.06 bits per heavy atom. The molecule has 0 aliphatic carbocycles. The second kappa shape index (κ2) is 4.36. The van der Waals surface area contributed by atoms with Crippen LogP contribution in [-0.4, -0.2) is 5.54 Å². The third kappa shape index (κ3) is 2.68. The van der Waals surface area contributed by atoms with Crippen LogP contribution in [0.1, 0.15) is 18.9 Å². The minimum absolute atomic E-state index is 0.177. The Hall–Kier alpha value is -1.19. The van der Waals surface area contributed by atoms with Crippen molar-refractivity contribution in [3.8, 4) is 0 Å². The summed E-state index contributed by atoms with van der Waals surface area (Å²) in [6.45, 7) is 2.06. The molecular weight excluding hydrogens is 224 g/mol. The Morgan fingerprint density at radius 1 is 1.38 bits per heavy atom. The van der Waals surface area contributed by atoms with Crippen molar-refractivity contribution in [2.24, 2.45) is 5.73 Å². The van der Waals surface area contributed by atoms with Crippen LogP contribution in [0.2, 0.25) is 5.02 Å². The van der Waals surface area contributed by atoms with Gasteiger partial charge in [0.05, 0.1) is 5.54 Å². The van der Waals surface area contributed by atoms with Crippen molar-refractivity contribution in [2.45, 2.75) is 25.3 Å². The second-order valence-electron chi connectivity index (χ2n) is 4.29. The van der Waals surface area contributed by atoms with Crippen molar-refractivity contribution >= 4 is 11.6 Å². The molecule has 1 unspecified atom stereocenters. The molecule has 0 spiro atoms. The fourth-order valence-electron chi connectivity index (χ4n) is 1.73. The first-order valence-electron chi connectivity index (χ1n) is 5.24. The predicted molar refractivity (Wildman–Crippen MR) is 64.7 cm³/mol. The standard InChI is InChI=1S/C12H15ClN2O/c1-12(8-11(14)16-15-12)7-6-9-2-4-10(13)5-3-9/h2-5,8,15H,6-7,14H2,1H3. The lowest BCUT2D eigenvalue weighted by atomic mass is 9.94. The van der Waals surface area contributed by atoms with Crippen molar-refractivity contribution in [1.82, 2.24) is 5.48 Å². The minimum Gasteiger partial charge on any atom is -0.390 e. The topological polar surface area (TPSA) is 47.3 Å². The molecule has 0 bridgehead atoms. The van der Waals surface area contributed by atoms with E-state index in [2.05, 4.69) is 12.4 Å². The normalized spacial score (nSPS) is 24.0. The molecule has 0 fully saturated rings. The van der Waals surface area contributed by atoms with E-state index in [4.69, 9.17) is 22.2 Å². The van der Waals surface area contributed by atoms with Gasteiger partial charge in [-0.2, -0.15) is 0 Å². The van der Waals surface area contributed by atoms with Crippen molar-refractivity contribution in [2.75, 3.05) is 0 Å². The Balaban J connectivity index is 1.95. The van der Waals surface area contributed by atoms with Crippen LogP contribution in [0.15, 0.2) is 36.2 Å². The van der Waals surface area contributed by atoms with Crippen LogP contribution >= 0.6 is 11.6 Å². The number of rotatable bonds is 3. The van der Waals surface area contributed by atoms with Gasteiger partial charge in [0.25, 0.3) is 0 Å². The molecule has 1 aliphatic rings. The summed E-state index contributed by atoms with van der Waals surface area (Å²) in [6.07, 6.45) is 3.78. The third-order valence-corrected chi connectivity index (χ3v) is 2.96. The van der Waals surface area contributed by atoms with Gasteiger partial charge in [-0.25, -0.2) is 0 Å². The average molecular weight is 239 g/mol. The molecule has 4 heteroatoms. The van der Waals surface area contributed by atoms with Crippen LogP contribution in [0.5, 0.6) is 0 Å². The number of hydrogen-bond donors (Lipinski definition) is 2. The highest BCUT2D eigenvalue weighted by atomic mass is 35.5. The molecule has 1 atom stereocenters. The van der Waals surface area contributed by atoms with Crippen LogP contribution in [0, 0.1) is 0 Å². The van der Waals surface area contributed by atoms with E-state index in [1.54, 1.807) is 0 Å². The summed E-state index contributed by atoms with van der Waals surface area (Å²) in [6, 6.07) is 7.88. The Bertz CT molecular complexity index is 402. The van der Waals surface area contributed by atoms with Gasteiger partial charge >= 0.3 is 0 Å². The Labute approximate surface area is 100 Å². The van der Waals surface area contributed by atoms with Crippen LogP contribution in [0.25, 0.3) is 0 Å². The maximum Gasteiger partial charge on any atom is 0.207 e. The third-order valence-electron chi connectivity index (χ3n) is 2.71. The summed E-state index contributed by atoms with van der Waals surface area (Å²) in [4.78, 5) is 5.04. The number of nitrogens with two attached hydrogens (primary N) is 1. The largest absolute Gasteiger partial charge is 0.390 e. The highest BCUT2D eigenvalue weighted by Gasteiger charge is 2.28. The van der Waals surface area contributed by atoms with E-state index in [1.807, 2.05) is 30.3 Å². The van der Waals surface area contributed by atoms with E-state index in [-0.39, 0.29) is 5.54 Å². The van der Waals surface area contributed by atoms with E-state index in [1.165, 1.54) is 5.56 Å². The molecule has 1 aromatic rings. The van der Waals surface area contributed by atoms with Gasteiger partial charge in [0.1, 0.15) is 0 Å². The fraction of sp³-hybridized carbons (Fsp3) is 0.333. The first-order valence-corrected chi connectivity index (χ1v) is 5.62. The molecule has 0 radical (unpaired) electrons. The van der Waals surface area contributed by atoms with Crippen LogP contribution in [0.4, 0.5) is 0 Å². The molecule has 0 aromatic heterocycles. The minimum atomic E-state index is -0.177. The molecular formula is C12H15ClN2O. The molecule has 1 aromatic carbocycles. The first kappa shape index (κ1) is 11.3. The maximum atomic E-state index is 5.83. The van der Waals surface area contributed by atoms with Gasteiger partial charge in [0.2, 0.25) is 5.88 Å². The van der Waals surface area contributed by atoms with Gasteiger partial charge in [-0.1, -0.05) is 23.7 Å². The Morgan fingerprint density at radius 3 is 2.62 bits per heavy atom. The lowest BCUT2D eigenvalue weighted by molar-refractivity contribution is 0.0802. The summed E-state index contributed by atoms with van der Waals surface area (Å²) in [5.74, 6) is 0.443. The SMILES string of the molecule is CC1(CCc2ccc(Cl)cc2)C=C(N)ON1. The summed E-state index contributed by atoms with van der Waals surface area (Å²) < 4.78 is 0. The van der Waals surface area contributed by atoms with E-state index >= 15 is 0 Å². The number of aryl methyl sites for hydroxylation is 1. The molecule has 86 valence electrons. The summed E-state index contributed by atoms with van der Waals surface area (Å²) >= 11 is 5.83. The molecule has 0 saturated carbocycles. The zero-order valence-electron chi connectivity index (χ0n) is 9.16. The molecule has 3 N–H and O–H groups in total. The summed E-state index contributed by atoms with van der Waals surface area (Å²) in [5.41, 5.74) is 9.56. The predicted octanol–water partition coefficient (Wildman–Crippen LogP) is 2.37. The molecule has 0 amide bonds. The number of hydrogen-bond acceptors (Lipinski definition) is 3. The number of nitrogens with one attached hydrogen (secondary N) is 1. The van der Waals surface area contributed by atoms with Crippen molar-refractivity contribution in [3.05, 3.63) is 46.8 Å². The molecule has 3 nitrogen and oxygen atoms in total. The van der Waals surface area contributed by atoms with Gasteiger partial charge in [0.15, 0.2) is 0 Å². The van der Waals surface area contributed by atoms with E-state index in [0.29, 0.717) is 5.88 Å². The maximum absolute atomic E-state index is 5.83. The molecule has 16 heavy (non-hydrogen) atoms. The fourth-order valence-corrected chi connectivity index (χ4v) is 1.85. The monoisotopic (exact) mass is 238 g/mol. The smallest absolute Gasteiger partial charge is 0.207 e. The summed E-state index contributed by atoms with van der Waals surface area (Å²) in [5, 5.41) is 0.765. The van der Waals surface area contributed by atoms with Crippen LogP contribution in [0.3, 0.4) is 0 Å². The van der Waals surface area contributed by atoms with Crippen molar-refractivity contribution in [3.63, 3.8) is 0 Å². The van der Waals surface area contributed by atoms with E-state index in [9.17, 15) is 0 Å². The van der Waals surface area contributed by atoms with E-state index in [0.717, 1.165) is 17.9 Å². The number of benzene rings is 1. The van der Waals surface area contributed by atoms with E-state index < -0.39 is 0 Å².